The largest absolute Gasteiger partial charge is 0.356 e. The van der Waals surface area contributed by atoms with Crippen LogP contribution in [0.2, 0.25) is 0 Å². The summed E-state index contributed by atoms with van der Waals surface area (Å²) >= 11 is 0. The maximum absolute atomic E-state index is 6.53. The number of rotatable bonds is 5. The second-order valence-electron chi connectivity index (χ2n) is 1.19. The average molecular weight is 117 g/mol. The highest BCUT2D eigenvalue weighted by Gasteiger charge is 1.78. The van der Waals surface area contributed by atoms with Crippen molar-refractivity contribution in [2.45, 2.75) is 6.92 Å². The Balaban J connectivity index is 2.62. The average Bonchev–Trinajstić information content (AvgIpc) is 1.81. The summed E-state index contributed by atoms with van der Waals surface area (Å²) in [5.41, 5.74) is 0. The second-order valence-corrected chi connectivity index (χ2v) is 1.19. The first kappa shape index (κ1) is 7.59. The number of nitrogens with one attached hydrogen (secondary N) is 1. The minimum absolute atomic E-state index is 0.297. The van der Waals surface area contributed by atoms with Crippen LogP contribution in [0.3, 0.4) is 0 Å². The molecule has 1 N–H and O–H groups in total. The van der Waals surface area contributed by atoms with Gasteiger partial charge < -0.3 is 14.9 Å². The zero-order valence-corrected chi connectivity index (χ0v) is 5.02. The quantitative estimate of drug-likeness (QED) is 0.326. The molecule has 48 valence electrons. The summed E-state index contributed by atoms with van der Waals surface area (Å²) in [5.74, 6) is 0. The lowest BCUT2D eigenvalue weighted by molar-refractivity contribution is -0.0345. The standard InChI is InChI=1S/C5H11NO2/c1-2-7-5-8-4-3-6/h3,6H,2,4-5H2,1H3. The van der Waals surface area contributed by atoms with Crippen LogP contribution in [0.4, 0.5) is 0 Å². The highest BCUT2D eigenvalue weighted by atomic mass is 16.7. The molecule has 0 amide bonds. The summed E-state index contributed by atoms with van der Waals surface area (Å²) in [7, 11) is 0. The van der Waals surface area contributed by atoms with Crippen LogP contribution >= 0.6 is 0 Å². The van der Waals surface area contributed by atoms with Crippen molar-refractivity contribution in [3.05, 3.63) is 0 Å². The van der Waals surface area contributed by atoms with Gasteiger partial charge in [-0.3, -0.25) is 0 Å². The van der Waals surface area contributed by atoms with Crippen molar-refractivity contribution in [3.8, 4) is 0 Å². The van der Waals surface area contributed by atoms with Crippen LogP contribution in [0.5, 0.6) is 0 Å². The van der Waals surface area contributed by atoms with Gasteiger partial charge >= 0.3 is 0 Å². The molecule has 0 aromatic rings. The molecular formula is C5H11NO2. The van der Waals surface area contributed by atoms with Gasteiger partial charge in [-0.2, -0.15) is 0 Å². The third-order valence-electron chi connectivity index (χ3n) is 0.572. The molecule has 0 rings (SSSR count). The minimum Gasteiger partial charge on any atom is -0.356 e. The summed E-state index contributed by atoms with van der Waals surface area (Å²) < 4.78 is 9.57. The van der Waals surface area contributed by atoms with Crippen molar-refractivity contribution >= 4 is 6.21 Å². The van der Waals surface area contributed by atoms with Gasteiger partial charge in [0.15, 0.2) is 0 Å². The molecule has 0 heterocycles. The minimum atomic E-state index is 0.297. The van der Waals surface area contributed by atoms with Crippen LogP contribution in [-0.4, -0.2) is 26.2 Å². The van der Waals surface area contributed by atoms with E-state index < -0.39 is 0 Å². The summed E-state index contributed by atoms with van der Waals surface area (Å²) in [5, 5.41) is 6.53. The Labute approximate surface area is 49.1 Å². The molecule has 0 bridgehead atoms. The molecule has 3 nitrogen and oxygen atoms in total. The second kappa shape index (κ2) is 6.59. The molecule has 0 spiro atoms. The van der Waals surface area contributed by atoms with E-state index in [0.717, 1.165) is 0 Å². The van der Waals surface area contributed by atoms with Crippen LogP contribution in [0.1, 0.15) is 6.92 Å². The third-order valence-corrected chi connectivity index (χ3v) is 0.572. The zero-order chi connectivity index (χ0) is 6.24. The maximum Gasteiger partial charge on any atom is 0.147 e. The van der Waals surface area contributed by atoms with E-state index >= 15 is 0 Å². The monoisotopic (exact) mass is 117 g/mol. The molecule has 8 heavy (non-hydrogen) atoms. The fourth-order valence-electron chi connectivity index (χ4n) is 0.249. The predicted octanol–water partition coefficient (Wildman–Crippen LogP) is 0.647. The Morgan fingerprint density at radius 3 is 2.75 bits per heavy atom. The van der Waals surface area contributed by atoms with E-state index in [4.69, 9.17) is 14.9 Å². The highest BCUT2D eigenvalue weighted by molar-refractivity contribution is 5.53. The van der Waals surface area contributed by atoms with Crippen molar-refractivity contribution < 1.29 is 9.47 Å². The van der Waals surface area contributed by atoms with Crippen LogP contribution in [-0.2, 0) is 9.47 Å². The van der Waals surface area contributed by atoms with E-state index in [1.807, 2.05) is 6.92 Å². The molecule has 0 aromatic carbocycles. The first-order valence-corrected chi connectivity index (χ1v) is 2.56. The number of hydrogen-bond acceptors (Lipinski definition) is 3. The molecule has 0 aliphatic heterocycles. The molecule has 0 unspecified atom stereocenters. The first-order valence-electron chi connectivity index (χ1n) is 2.56. The molecule has 0 saturated heterocycles. The summed E-state index contributed by atoms with van der Waals surface area (Å²) in [6.07, 6.45) is 1.19. The lowest BCUT2D eigenvalue weighted by Crippen LogP contribution is -2.00. The van der Waals surface area contributed by atoms with Crippen molar-refractivity contribution in [2.75, 3.05) is 20.0 Å². The van der Waals surface area contributed by atoms with Gasteiger partial charge in [-0.15, -0.1) is 0 Å². The maximum atomic E-state index is 6.53. The summed E-state index contributed by atoms with van der Waals surface area (Å²) in [4.78, 5) is 0. The van der Waals surface area contributed by atoms with Crippen molar-refractivity contribution in [2.24, 2.45) is 0 Å². The molecule has 3 heteroatoms. The molecule has 0 aliphatic carbocycles. The van der Waals surface area contributed by atoms with Crippen molar-refractivity contribution in [1.29, 1.82) is 5.41 Å². The van der Waals surface area contributed by atoms with Gasteiger partial charge in [-0.1, -0.05) is 0 Å². The van der Waals surface area contributed by atoms with Crippen molar-refractivity contribution in [3.63, 3.8) is 0 Å². The van der Waals surface area contributed by atoms with E-state index in [2.05, 4.69) is 0 Å². The van der Waals surface area contributed by atoms with Gasteiger partial charge in [0.2, 0.25) is 0 Å². The molecule has 0 fully saturated rings. The molecular weight excluding hydrogens is 106 g/mol. The molecule has 0 atom stereocenters. The van der Waals surface area contributed by atoms with E-state index in [0.29, 0.717) is 20.0 Å². The Hall–Kier alpha value is -0.410. The number of ether oxygens (including phenoxy) is 2. The first-order chi connectivity index (χ1) is 3.91. The van der Waals surface area contributed by atoms with Crippen LogP contribution in [0.15, 0.2) is 0 Å². The smallest absolute Gasteiger partial charge is 0.147 e. The van der Waals surface area contributed by atoms with Gasteiger partial charge in [0.1, 0.15) is 6.79 Å². The van der Waals surface area contributed by atoms with E-state index in [1.54, 1.807) is 0 Å². The highest BCUT2D eigenvalue weighted by Crippen LogP contribution is 1.73. The Morgan fingerprint density at radius 1 is 1.50 bits per heavy atom. The molecule has 0 aliphatic rings. The van der Waals surface area contributed by atoms with Gasteiger partial charge in [0.05, 0.1) is 6.61 Å². The molecule has 0 aromatic heterocycles. The van der Waals surface area contributed by atoms with E-state index in [1.165, 1.54) is 6.21 Å². The normalized spacial score (nSPS) is 9.12. The van der Waals surface area contributed by atoms with Gasteiger partial charge in [-0.05, 0) is 6.92 Å². The molecule has 0 saturated carbocycles. The van der Waals surface area contributed by atoms with E-state index in [9.17, 15) is 0 Å². The predicted molar refractivity (Wildman–Crippen MR) is 31.2 cm³/mol. The summed E-state index contributed by atoms with van der Waals surface area (Å²) in [6, 6.07) is 0. The Morgan fingerprint density at radius 2 is 2.25 bits per heavy atom. The van der Waals surface area contributed by atoms with Crippen molar-refractivity contribution in [1.82, 2.24) is 0 Å². The molecule has 0 radical (unpaired) electrons. The van der Waals surface area contributed by atoms with E-state index in [-0.39, 0.29) is 0 Å². The summed E-state index contributed by atoms with van der Waals surface area (Å²) in [6.45, 7) is 3.21. The zero-order valence-electron chi connectivity index (χ0n) is 5.02. The van der Waals surface area contributed by atoms with Crippen LogP contribution < -0.4 is 0 Å². The Bertz CT molecular complexity index is 56.4. The van der Waals surface area contributed by atoms with Gasteiger partial charge in [0.25, 0.3) is 0 Å². The van der Waals surface area contributed by atoms with Crippen LogP contribution in [0.25, 0.3) is 0 Å². The van der Waals surface area contributed by atoms with Crippen LogP contribution in [0, 0.1) is 5.41 Å². The lowest BCUT2D eigenvalue weighted by atomic mass is 10.8. The topological polar surface area (TPSA) is 42.3 Å². The lowest BCUT2D eigenvalue weighted by Gasteiger charge is -1.97. The van der Waals surface area contributed by atoms with Gasteiger partial charge in [-0.25, -0.2) is 0 Å². The van der Waals surface area contributed by atoms with Gasteiger partial charge in [0, 0.05) is 12.8 Å². The fourth-order valence-corrected chi connectivity index (χ4v) is 0.249. The Kier molecular flexibility index (Phi) is 6.25. The fraction of sp³-hybridized carbons (Fsp3) is 0.800. The SMILES string of the molecule is CCOCOCC=N. The third kappa shape index (κ3) is 5.59. The number of hydrogen-bond donors (Lipinski definition) is 1.